The van der Waals surface area contributed by atoms with Gasteiger partial charge in [0, 0.05) is 25.8 Å². The highest BCUT2D eigenvalue weighted by molar-refractivity contribution is 8.27. The second-order valence-corrected chi connectivity index (χ2v) is 7.98. The lowest BCUT2D eigenvalue weighted by Crippen LogP contribution is -2.27. The molecular weight excluding hydrogens is 406 g/mol. The van der Waals surface area contributed by atoms with Crippen molar-refractivity contribution in [3.05, 3.63) is 68.1 Å². The van der Waals surface area contributed by atoms with Gasteiger partial charge in [-0.15, -0.1) is 0 Å². The Balaban J connectivity index is 1.91. The van der Waals surface area contributed by atoms with E-state index in [-0.39, 0.29) is 16.6 Å². The van der Waals surface area contributed by atoms with Crippen molar-refractivity contribution in [3.63, 3.8) is 0 Å². The third-order valence-corrected chi connectivity index (χ3v) is 5.50. The van der Waals surface area contributed by atoms with Crippen LogP contribution >= 0.6 is 35.6 Å². The molecule has 27 heavy (non-hydrogen) atoms. The van der Waals surface area contributed by atoms with E-state index in [1.807, 2.05) is 43.3 Å². The van der Waals surface area contributed by atoms with Crippen molar-refractivity contribution in [2.24, 2.45) is 0 Å². The highest BCUT2D eigenvalue weighted by Crippen LogP contribution is 2.37. The number of halogens is 1. The molecule has 1 heterocycles. The van der Waals surface area contributed by atoms with E-state index in [9.17, 15) is 14.9 Å². The molecule has 1 aliphatic rings. The Morgan fingerprint density at radius 1 is 1.22 bits per heavy atom. The van der Waals surface area contributed by atoms with Gasteiger partial charge in [-0.3, -0.25) is 19.8 Å². The van der Waals surface area contributed by atoms with Gasteiger partial charge in [0.2, 0.25) is 0 Å². The van der Waals surface area contributed by atoms with Crippen molar-refractivity contribution in [1.82, 2.24) is 0 Å². The van der Waals surface area contributed by atoms with Gasteiger partial charge in [-0.1, -0.05) is 41.6 Å². The van der Waals surface area contributed by atoms with E-state index in [0.717, 1.165) is 17.4 Å². The first-order chi connectivity index (χ1) is 12.8. The summed E-state index contributed by atoms with van der Waals surface area (Å²) in [5.41, 5.74) is 1.98. The van der Waals surface area contributed by atoms with Crippen molar-refractivity contribution < 1.29 is 9.72 Å². The maximum atomic E-state index is 12.8. The van der Waals surface area contributed by atoms with Gasteiger partial charge in [0.15, 0.2) is 4.32 Å². The van der Waals surface area contributed by atoms with Crippen LogP contribution in [0.2, 0.25) is 5.02 Å². The molecule has 138 valence electrons. The number of rotatable bonds is 4. The number of hydrogen-bond donors (Lipinski definition) is 0. The minimum Gasteiger partial charge on any atom is -0.378 e. The number of thioether (sulfide) groups is 1. The molecule has 6 nitrogen and oxygen atoms in total. The number of anilines is 2. The van der Waals surface area contributed by atoms with Crippen LogP contribution in [0.4, 0.5) is 17.1 Å². The Morgan fingerprint density at radius 2 is 1.89 bits per heavy atom. The summed E-state index contributed by atoms with van der Waals surface area (Å²) in [6.07, 6.45) is 1.58. The third kappa shape index (κ3) is 3.97. The maximum absolute atomic E-state index is 12.8. The van der Waals surface area contributed by atoms with E-state index in [1.165, 1.54) is 17.0 Å². The number of amides is 1. The fraction of sp³-hybridized carbons (Fsp3) is 0.111. The van der Waals surface area contributed by atoms with Gasteiger partial charge < -0.3 is 4.90 Å². The smallest absolute Gasteiger partial charge is 0.288 e. The number of carbonyl (C=O) groups excluding carboxylic acids is 1. The van der Waals surface area contributed by atoms with Crippen molar-refractivity contribution >= 4 is 68.9 Å². The molecule has 1 amide bonds. The summed E-state index contributed by atoms with van der Waals surface area (Å²) < 4.78 is 0.410. The predicted octanol–water partition coefficient (Wildman–Crippen LogP) is 4.72. The van der Waals surface area contributed by atoms with Crippen LogP contribution in [0.25, 0.3) is 6.08 Å². The molecule has 0 unspecified atom stereocenters. The molecule has 2 aromatic rings. The van der Waals surface area contributed by atoms with Crippen LogP contribution in [0.15, 0.2) is 47.4 Å². The fourth-order valence-electron chi connectivity index (χ4n) is 2.50. The van der Waals surface area contributed by atoms with Crippen molar-refractivity contribution in [3.8, 4) is 0 Å². The summed E-state index contributed by atoms with van der Waals surface area (Å²) in [5, 5.41) is 11.1. The van der Waals surface area contributed by atoms with Gasteiger partial charge in [-0.05, 0) is 42.0 Å². The zero-order valence-electron chi connectivity index (χ0n) is 14.4. The van der Waals surface area contributed by atoms with Crippen LogP contribution in [0.1, 0.15) is 5.56 Å². The molecular formula is C18H14ClN3O3S2. The molecule has 3 rings (SSSR count). The second-order valence-electron chi connectivity index (χ2n) is 5.90. The lowest BCUT2D eigenvalue weighted by atomic mass is 10.2. The van der Waals surface area contributed by atoms with Crippen LogP contribution in [-0.4, -0.2) is 29.2 Å². The average molecular weight is 420 g/mol. The van der Waals surface area contributed by atoms with Crippen molar-refractivity contribution in [1.29, 1.82) is 0 Å². The monoisotopic (exact) mass is 419 g/mol. The van der Waals surface area contributed by atoms with E-state index < -0.39 is 4.92 Å². The molecule has 0 N–H and O–H groups in total. The first-order valence-electron chi connectivity index (χ1n) is 7.77. The van der Waals surface area contributed by atoms with Gasteiger partial charge in [0.25, 0.3) is 11.6 Å². The van der Waals surface area contributed by atoms with Gasteiger partial charge in [0.1, 0.15) is 5.02 Å². The number of benzene rings is 2. The van der Waals surface area contributed by atoms with Crippen molar-refractivity contribution in [2.45, 2.75) is 0 Å². The molecule has 1 fully saturated rings. The summed E-state index contributed by atoms with van der Waals surface area (Å²) in [6.45, 7) is 0. The molecule has 0 spiro atoms. The zero-order chi connectivity index (χ0) is 19.7. The number of nitro benzene ring substituents is 1. The first kappa shape index (κ1) is 19.3. The maximum Gasteiger partial charge on any atom is 0.288 e. The topological polar surface area (TPSA) is 66.7 Å². The summed E-state index contributed by atoms with van der Waals surface area (Å²) in [6, 6.07) is 11.9. The molecule has 2 aromatic carbocycles. The summed E-state index contributed by atoms with van der Waals surface area (Å²) in [7, 11) is 3.87. The zero-order valence-corrected chi connectivity index (χ0v) is 16.8. The average Bonchev–Trinajstić information content (AvgIpc) is 2.90. The van der Waals surface area contributed by atoms with E-state index in [4.69, 9.17) is 23.8 Å². The molecule has 0 atom stereocenters. The lowest BCUT2D eigenvalue weighted by molar-refractivity contribution is -0.384. The molecule has 1 aliphatic heterocycles. The standard InChI is InChI=1S/C18H14ClN3O3S2/c1-20(2)12-4-6-13(7-5-12)21-17(23)16(27-18(21)26)10-11-3-8-14(19)15(9-11)22(24)25/h3-10H,1-2H3/b16-10-. The highest BCUT2D eigenvalue weighted by Gasteiger charge is 2.33. The summed E-state index contributed by atoms with van der Waals surface area (Å²) >= 11 is 12.3. The molecule has 9 heteroatoms. The molecule has 1 saturated heterocycles. The van der Waals surface area contributed by atoms with Crippen LogP contribution in [-0.2, 0) is 4.79 Å². The van der Waals surface area contributed by atoms with Gasteiger partial charge >= 0.3 is 0 Å². The minimum atomic E-state index is -0.558. The van der Waals surface area contributed by atoms with Crippen LogP contribution < -0.4 is 9.80 Å². The Morgan fingerprint density at radius 3 is 2.48 bits per heavy atom. The number of carbonyl (C=O) groups is 1. The Bertz CT molecular complexity index is 974. The van der Waals surface area contributed by atoms with Crippen LogP contribution in [0, 0.1) is 10.1 Å². The molecule has 0 saturated carbocycles. The number of thiocarbonyl (C=S) groups is 1. The quantitative estimate of drug-likeness (QED) is 0.309. The number of nitrogens with zero attached hydrogens (tertiary/aromatic N) is 3. The molecule has 0 aliphatic carbocycles. The highest BCUT2D eigenvalue weighted by atomic mass is 35.5. The molecule has 0 radical (unpaired) electrons. The van der Waals surface area contributed by atoms with Gasteiger partial charge in [-0.25, -0.2) is 0 Å². The largest absolute Gasteiger partial charge is 0.378 e. The first-order valence-corrected chi connectivity index (χ1v) is 9.37. The number of nitro groups is 1. The van der Waals surface area contributed by atoms with Crippen LogP contribution in [0.3, 0.4) is 0 Å². The van der Waals surface area contributed by atoms with Gasteiger partial charge in [-0.2, -0.15) is 0 Å². The normalized spacial score (nSPS) is 15.5. The second kappa shape index (κ2) is 7.67. The minimum absolute atomic E-state index is 0.0469. The van der Waals surface area contributed by atoms with E-state index in [1.54, 1.807) is 12.1 Å². The number of hydrogen-bond acceptors (Lipinski definition) is 6. The Kier molecular flexibility index (Phi) is 5.50. The summed E-state index contributed by atoms with van der Waals surface area (Å²) in [4.78, 5) is 27.1. The van der Waals surface area contributed by atoms with E-state index >= 15 is 0 Å². The van der Waals surface area contributed by atoms with E-state index in [0.29, 0.717) is 20.5 Å². The molecule has 0 bridgehead atoms. The fourth-order valence-corrected chi connectivity index (χ4v) is 3.99. The molecule has 0 aromatic heterocycles. The van der Waals surface area contributed by atoms with Crippen LogP contribution in [0.5, 0.6) is 0 Å². The Labute approximate surface area is 170 Å². The lowest BCUT2D eigenvalue weighted by Gasteiger charge is -2.17. The van der Waals surface area contributed by atoms with Gasteiger partial charge in [0.05, 0.1) is 15.5 Å². The predicted molar refractivity (Wildman–Crippen MR) is 115 cm³/mol. The summed E-state index contributed by atoms with van der Waals surface area (Å²) in [5.74, 6) is -0.264. The Hall–Kier alpha value is -2.42. The van der Waals surface area contributed by atoms with Crippen molar-refractivity contribution in [2.75, 3.05) is 23.9 Å². The third-order valence-electron chi connectivity index (χ3n) is 3.88. The SMILES string of the molecule is CN(C)c1ccc(N2C(=O)/C(=C/c3ccc(Cl)c([N+](=O)[O-])c3)SC2=S)cc1. The van der Waals surface area contributed by atoms with E-state index in [2.05, 4.69) is 0 Å².